The Labute approximate surface area is 144 Å². The van der Waals surface area contributed by atoms with Gasteiger partial charge in [0.25, 0.3) is 0 Å². The lowest BCUT2D eigenvalue weighted by molar-refractivity contribution is -0.120. The number of para-hydroxylation sites is 1. The van der Waals surface area contributed by atoms with Crippen molar-refractivity contribution < 1.29 is 9.59 Å². The number of nitrogens with one attached hydrogen (secondary N) is 1. The highest BCUT2D eigenvalue weighted by Crippen LogP contribution is 2.29. The molecule has 0 aliphatic carbocycles. The third-order valence-corrected chi connectivity index (χ3v) is 4.91. The number of urea groups is 1. The average Bonchev–Trinajstić information content (AvgIpc) is 2.91. The minimum atomic E-state index is -0.874. The summed E-state index contributed by atoms with van der Waals surface area (Å²) in [5, 5.41) is 13.9. The van der Waals surface area contributed by atoms with Gasteiger partial charge in [0.1, 0.15) is 0 Å². The first kappa shape index (κ1) is 17.9. The number of amides is 3. The molecule has 1 aromatic heterocycles. The van der Waals surface area contributed by atoms with Gasteiger partial charge in [0.2, 0.25) is 11.1 Å². The monoisotopic (exact) mass is 348 g/mol. The summed E-state index contributed by atoms with van der Waals surface area (Å²) in [7, 11) is 0. The zero-order chi connectivity index (χ0) is 17.9. The third kappa shape index (κ3) is 3.91. The summed E-state index contributed by atoms with van der Waals surface area (Å²) in [4.78, 5) is 23.1. The lowest BCUT2D eigenvalue weighted by Gasteiger charge is -2.18. The van der Waals surface area contributed by atoms with Crippen LogP contribution in [-0.2, 0) is 4.79 Å². The number of hydrogen-bond donors (Lipinski definition) is 2. The maximum Gasteiger partial charge on any atom is 0.318 e. The molecule has 0 fully saturated rings. The Bertz CT molecular complexity index is 738. The number of nitrogens with zero attached hydrogens (tertiary/aromatic N) is 4. The molecule has 1 aromatic carbocycles. The highest BCUT2D eigenvalue weighted by Gasteiger charge is 2.27. The average molecular weight is 348 g/mol. The number of benzene rings is 1. The molecule has 0 unspecified atom stereocenters. The summed E-state index contributed by atoms with van der Waals surface area (Å²) >= 11 is 1.20. The predicted molar refractivity (Wildman–Crippen MR) is 90.8 cm³/mol. The largest absolute Gasteiger partial charge is 0.351 e. The molecule has 2 aromatic rings. The Morgan fingerprint density at radius 1 is 1.25 bits per heavy atom. The summed E-state index contributed by atoms with van der Waals surface area (Å²) in [6, 6.07) is 5.03. The number of aromatic nitrogens is 4. The van der Waals surface area contributed by atoms with Crippen molar-refractivity contribution in [2.24, 2.45) is 11.7 Å². The summed E-state index contributed by atoms with van der Waals surface area (Å²) in [6.07, 6.45) is 0. The van der Waals surface area contributed by atoms with Crippen LogP contribution in [0.15, 0.2) is 23.4 Å². The van der Waals surface area contributed by atoms with Crippen LogP contribution >= 0.6 is 11.8 Å². The molecule has 2 rings (SSSR count). The molecular weight excluding hydrogens is 328 g/mol. The van der Waals surface area contributed by atoms with E-state index in [0.29, 0.717) is 5.16 Å². The fourth-order valence-electron chi connectivity index (χ4n) is 2.33. The van der Waals surface area contributed by atoms with Gasteiger partial charge in [0, 0.05) is 0 Å². The van der Waals surface area contributed by atoms with E-state index in [1.807, 2.05) is 45.9 Å². The molecule has 0 radical (unpaired) electrons. The lowest BCUT2D eigenvalue weighted by atomic mass is 10.1. The number of rotatable bonds is 5. The van der Waals surface area contributed by atoms with Crippen molar-refractivity contribution in [2.75, 3.05) is 0 Å². The summed E-state index contributed by atoms with van der Waals surface area (Å²) < 4.78 is 1.61. The molecule has 0 bridgehead atoms. The molecule has 9 heteroatoms. The topological polar surface area (TPSA) is 116 Å². The van der Waals surface area contributed by atoms with Gasteiger partial charge in [-0.3, -0.25) is 10.1 Å². The number of primary amides is 1. The number of hydrogen-bond acceptors (Lipinski definition) is 6. The molecule has 0 aliphatic rings. The van der Waals surface area contributed by atoms with Gasteiger partial charge in [0.15, 0.2) is 0 Å². The number of nitrogens with two attached hydrogens (primary N) is 1. The molecule has 3 amide bonds. The summed E-state index contributed by atoms with van der Waals surface area (Å²) in [5.41, 5.74) is 7.96. The SMILES string of the molecule is Cc1cccc(C)c1-n1nnnc1S[C@H](C(=O)NC(N)=O)C(C)C. The van der Waals surface area contributed by atoms with Crippen LogP contribution in [0.5, 0.6) is 0 Å². The number of thioether (sulfide) groups is 1. The molecule has 0 saturated carbocycles. The van der Waals surface area contributed by atoms with Gasteiger partial charge in [-0.25, -0.2) is 4.79 Å². The maximum absolute atomic E-state index is 12.2. The highest BCUT2D eigenvalue weighted by atomic mass is 32.2. The van der Waals surface area contributed by atoms with Crippen molar-refractivity contribution in [1.82, 2.24) is 25.5 Å². The number of carbonyl (C=O) groups is 2. The van der Waals surface area contributed by atoms with Crippen molar-refractivity contribution in [3.05, 3.63) is 29.3 Å². The molecule has 8 nitrogen and oxygen atoms in total. The van der Waals surface area contributed by atoms with Crippen LogP contribution in [0.2, 0.25) is 0 Å². The zero-order valence-electron chi connectivity index (χ0n) is 14.0. The summed E-state index contributed by atoms with van der Waals surface area (Å²) in [5.74, 6) is -0.504. The van der Waals surface area contributed by atoms with Crippen molar-refractivity contribution in [1.29, 1.82) is 0 Å². The Kier molecular flexibility index (Phi) is 5.55. The van der Waals surface area contributed by atoms with Crippen LogP contribution in [0.1, 0.15) is 25.0 Å². The zero-order valence-corrected chi connectivity index (χ0v) is 14.8. The van der Waals surface area contributed by atoms with E-state index >= 15 is 0 Å². The van der Waals surface area contributed by atoms with Gasteiger partial charge in [-0.05, 0) is 41.3 Å². The van der Waals surface area contributed by atoms with Gasteiger partial charge >= 0.3 is 6.03 Å². The van der Waals surface area contributed by atoms with Crippen LogP contribution in [0.4, 0.5) is 4.79 Å². The fourth-order valence-corrected chi connectivity index (χ4v) is 3.31. The number of aryl methyl sites for hydroxylation is 2. The highest BCUT2D eigenvalue weighted by molar-refractivity contribution is 8.00. The quantitative estimate of drug-likeness (QED) is 0.793. The molecule has 24 heavy (non-hydrogen) atoms. The lowest BCUT2D eigenvalue weighted by Crippen LogP contribution is -2.42. The smallest absolute Gasteiger partial charge is 0.318 e. The van der Waals surface area contributed by atoms with Gasteiger partial charge in [-0.1, -0.05) is 43.8 Å². The Morgan fingerprint density at radius 2 is 1.88 bits per heavy atom. The number of imide groups is 1. The molecular formula is C15H20N6O2S. The second-order valence-electron chi connectivity index (χ2n) is 5.75. The predicted octanol–water partition coefficient (Wildman–Crippen LogP) is 1.59. The van der Waals surface area contributed by atoms with Crippen molar-refractivity contribution in [3.63, 3.8) is 0 Å². The first-order valence-electron chi connectivity index (χ1n) is 7.43. The van der Waals surface area contributed by atoms with E-state index in [9.17, 15) is 9.59 Å². The van der Waals surface area contributed by atoms with Gasteiger partial charge in [-0.2, -0.15) is 4.68 Å². The van der Waals surface area contributed by atoms with Crippen molar-refractivity contribution in [3.8, 4) is 5.69 Å². The van der Waals surface area contributed by atoms with E-state index in [1.165, 1.54) is 11.8 Å². The van der Waals surface area contributed by atoms with Crippen LogP contribution in [-0.4, -0.2) is 37.4 Å². The molecule has 128 valence electrons. The normalized spacial score (nSPS) is 12.2. The minimum Gasteiger partial charge on any atom is -0.351 e. The third-order valence-electron chi connectivity index (χ3n) is 3.43. The van der Waals surface area contributed by atoms with E-state index in [-0.39, 0.29) is 5.92 Å². The summed E-state index contributed by atoms with van der Waals surface area (Å²) in [6.45, 7) is 7.70. The minimum absolute atomic E-state index is 0.0440. The first-order valence-corrected chi connectivity index (χ1v) is 8.31. The molecule has 0 spiro atoms. The van der Waals surface area contributed by atoms with E-state index in [1.54, 1.807) is 4.68 Å². The van der Waals surface area contributed by atoms with Crippen LogP contribution < -0.4 is 11.1 Å². The molecule has 0 saturated heterocycles. The molecule has 0 aliphatic heterocycles. The van der Waals surface area contributed by atoms with Gasteiger partial charge in [-0.15, -0.1) is 5.10 Å². The van der Waals surface area contributed by atoms with E-state index in [0.717, 1.165) is 16.8 Å². The fraction of sp³-hybridized carbons (Fsp3) is 0.400. The Morgan fingerprint density at radius 3 is 2.42 bits per heavy atom. The second kappa shape index (κ2) is 7.43. The second-order valence-corrected chi connectivity index (χ2v) is 6.86. The van der Waals surface area contributed by atoms with Crippen LogP contribution in [0.3, 0.4) is 0 Å². The van der Waals surface area contributed by atoms with Crippen LogP contribution in [0, 0.1) is 19.8 Å². The van der Waals surface area contributed by atoms with E-state index in [4.69, 9.17) is 5.73 Å². The standard InChI is InChI=1S/C15H20N6O2S/c1-8(2)12(13(22)17-14(16)23)24-15-18-19-20-21(15)11-9(3)6-5-7-10(11)4/h5-8,12H,1-4H3,(H3,16,17,22,23)/t12-/m0/s1. The van der Waals surface area contributed by atoms with E-state index in [2.05, 4.69) is 20.8 Å². The molecule has 3 N–H and O–H groups in total. The first-order chi connectivity index (χ1) is 11.3. The molecule has 1 atom stereocenters. The van der Waals surface area contributed by atoms with Crippen molar-refractivity contribution >= 4 is 23.7 Å². The van der Waals surface area contributed by atoms with E-state index < -0.39 is 17.2 Å². The van der Waals surface area contributed by atoms with Crippen LogP contribution in [0.25, 0.3) is 5.69 Å². The Balaban J connectivity index is 2.35. The number of tetrazole rings is 1. The number of carbonyl (C=O) groups excluding carboxylic acids is 2. The van der Waals surface area contributed by atoms with Gasteiger partial charge in [0.05, 0.1) is 10.9 Å². The molecule has 1 heterocycles. The maximum atomic E-state index is 12.2. The van der Waals surface area contributed by atoms with Crippen molar-refractivity contribution in [2.45, 2.75) is 38.1 Å². The van der Waals surface area contributed by atoms with Gasteiger partial charge < -0.3 is 5.73 Å². The Hall–Kier alpha value is -2.42.